The molecule has 0 bridgehead atoms. The minimum absolute atomic E-state index is 0.429. The first-order valence-electron chi connectivity index (χ1n) is 3.18. The molecule has 1 aromatic rings. The molecular weight excluding hydrogens is 114 g/mol. The Kier molecular flexibility index (Phi) is 1.56. The van der Waals surface area contributed by atoms with Crippen molar-refractivity contribution in [2.75, 3.05) is 0 Å². The molecule has 0 atom stereocenters. The molecule has 0 aromatic carbocycles. The Morgan fingerprint density at radius 1 is 1.56 bits per heavy atom. The summed E-state index contributed by atoms with van der Waals surface area (Å²) >= 11 is 0. The number of hydrogen-bond acceptors (Lipinski definition) is 1. The van der Waals surface area contributed by atoms with Crippen molar-refractivity contribution in [3.8, 4) is 0 Å². The second-order valence-corrected chi connectivity index (χ2v) is 2.47. The molecule has 0 spiro atoms. The van der Waals surface area contributed by atoms with Gasteiger partial charge in [-0.3, -0.25) is 0 Å². The Balaban J connectivity index is 2.85. The summed E-state index contributed by atoms with van der Waals surface area (Å²) < 4.78 is 7.09. The quantitative estimate of drug-likeness (QED) is 0.520. The Morgan fingerprint density at radius 3 is 2.44 bits per heavy atom. The van der Waals surface area contributed by atoms with Gasteiger partial charge >= 0.3 is 0 Å². The summed E-state index contributed by atoms with van der Waals surface area (Å²) in [6.45, 7) is 6.12. The Labute approximate surface area is 55.1 Å². The highest BCUT2D eigenvalue weighted by Crippen LogP contribution is 1.95. The van der Waals surface area contributed by atoms with Crippen LogP contribution in [0.1, 0.15) is 25.6 Å². The zero-order valence-corrected chi connectivity index (χ0v) is 6.09. The maximum atomic E-state index is 5.26. The van der Waals surface area contributed by atoms with E-state index in [4.69, 9.17) is 4.52 Å². The van der Waals surface area contributed by atoms with Gasteiger partial charge < -0.3 is 0 Å². The molecule has 0 amide bonds. The lowest BCUT2D eigenvalue weighted by Crippen LogP contribution is -2.32. The molecule has 0 aliphatic heterocycles. The van der Waals surface area contributed by atoms with Gasteiger partial charge in [0.05, 0.1) is 6.07 Å². The van der Waals surface area contributed by atoms with E-state index in [2.05, 4.69) is 13.8 Å². The zero-order valence-electron chi connectivity index (χ0n) is 6.09. The van der Waals surface area contributed by atoms with Gasteiger partial charge in [0.1, 0.15) is 0 Å². The first-order valence-corrected chi connectivity index (χ1v) is 3.18. The minimum Gasteiger partial charge on any atom is -0.241 e. The summed E-state index contributed by atoms with van der Waals surface area (Å²) in [6, 6.07) is 2.39. The standard InChI is InChI=1S/C7H12NO/c1-6(2)8-5-4-7(3)9-8/h4-6H,1-3H3/q+1. The van der Waals surface area contributed by atoms with Gasteiger partial charge in [-0.2, -0.15) is 0 Å². The van der Waals surface area contributed by atoms with E-state index in [0.29, 0.717) is 6.04 Å². The predicted octanol–water partition coefficient (Wildman–Crippen LogP) is 1.46. The van der Waals surface area contributed by atoms with Crippen molar-refractivity contribution >= 4 is 0 Å². The molecule has 9 heavy (non-hydrogen) atoms. The van der Waals surface area contributed by atoms with Crippen molar-refractivity contribution in [1.82, 2.24) is 0 Å². The van der Waals surface area contributed by atoms with Crippen LogP contribution in [0.5, 0.6) is 0 Å². The molecule has 1 heterocycles. The van der Waals surface area contributed by atoms with Crippen LogP contribution >= 0.6 is 0 Å². The van der Waals surface area contributed by atoms with Crippen molar-refractivity contribution in [3.63, 3.8) is 0 Å². The van der Waals surface area contributed by atoms with E-state index < -0.39 is 0 Å². The number of nitrogens with zero attached hydrogens (tertiary/aromatic N) is 1. The third-order valence-electron chi connectivity index (χ3n) is 1.21. The number of aryl methyl sites for hydroxylation is 1. The van der Waals surface area contributed by atoms with Crippen LogP contribution in [-0.4, -0.2) is 0 Å². The van der Waals surface area contributed by atoms with E-state index in [1.807, 2.05) is 23.9 Å². The van der Waals surface area contributed by atoms with Crippen LogP contribution in [0.4, 0.5) is 0 Å². The SMILES string of the molecule is Cc1cc[n+](C(C)C)o1. The molecule has 0 saturated heterocycles. The van der Waals surface area contributed by atoms with Crippen molar-refractivity contribution in [2.45, 2.75) is 26.8 Å². The number of rotatable bonds is 1. The van der Waals surface area contributed by atoms with Crippen molar-refractivity contribution in [2.24, 2.45) is 0 Å². The van der Waals surface area contributed by atoms with E-state index in [9.17, 15) is 0 Å². The molecule has 0 fully saturated rings. The molecule has 0 saturated carbocycles. The largest absolute Gasteiger partial charge is 0.241 e. The van der Waals surface area contributed by atoms with Crippen LogP contribution in [0, 0.1) is 6.92 Å². The highest BCUT2D eigenvalue weighted by molar-refractivity contribution is 4.84. The van der Waals surface area contributed by atoms with E-state index in [-0.39, 0.29) is 0 Å². The van der Waals surface area contributed by atoms with Gasteiger partial charge in [0, 0.05) is 20.8 Å². The van der Waals surface area contributed by atoms with Gasteiger partial charge in [-0.25, -0.2) is 4.52 Å². The van der Waals surface area contributed by atoms with E-state index in [1.54, 1.807) is 0 Å². The molecule has 50 valence electrons. The summed E-state index contributed by atoms with van der Waals surface area (Å²) in [5.41, 5.74) is 0. The topological polar surface area (TPSA) is 17.0 Å². The molecule has 0 aliphatic carbocycles. The lowest BCUT2D eigenvalue weighted by molar-refractivity contribution is -0.878. The molecule has 1 aromatic heterocycles. The van der Waals surface area contributed by atoms with Crippen LogP contribution in [0.3, 0.4) is 0 Å². The smallest absolute Gasteiger partial charge is 0.220 e. The van der Waals surface area contributed by atoms with Gasteiger partial charge in [0.15, 0.2) is 11.8 Å². The minimum atomic E-state index is 0.429. The highest BCUT2D eigenvalue weighted by Gasteiger charge is 2.09. The molecule has 2 heteroatoms. The van der Waals surface area contributed by atoms with Crippen LogP contribution in [0.25, 0.3) is 0 Å². The molecule has 0 aliphatic rings. The molecule has 1 rings (SSSR count). The van der Waals surface area contributed by atoms with Crippen molar-refractivity contribution in [1.29, 1.82) is 0 Å². The first kappa shape index (κ1) is 6.33. The van der Waals surface area contributed by atoms with E-state index in [0.717, 1.165) is 5.76 Å². The summed E-state index contributed by atoms with van der Waals surface area (Å²) in [4.78, 5) is 0. The monoisotopic (exact) mass is 126 g/mol. The van der Waals surface area contributed by atoms with E-state index in [1.165, 1.54) is 0 Å². The fraction of sp³-hybridized carbons (Fsp3) is 0.571. The van der Waals surface area contributed by atoms with Gasteiger partial charge in [-0.05, 0) is 4.74 Å². The molecule has 0 unspecified atom stereocenters. The maximum Gasteiger partial charge on any atom is 0.220 e. The van der Waals surface area contributed by atoms with Gasteiger partial charge in [0.2, 0.25) is 6.20 Å². The molecular formula is C7H12NO+. The summed E-state index contributed by atoms with van der Waals surface area (Å²) in [7, 11) is 0. The lowest BCUT2D eigenvalue weighted by atomic mass is 10.4. The van der Waals surface area contributed by atoms with Crippen LogP contribution < -0.4 is 4.74 Å². The normalized spacial score (nSPS) is 10.7. The molecule has 0 N–H and O–H groups in total. The third kappa shape index (κ3) is 1.31. The average molecular weight is 126 g/mol. The zero-order chi connectivity index (χ0) is 6.85. The molecule has 2 nitrogen and oxygen atoms in total. The predicted molar refractivity (Wildman–Crippen MR) is 34.0 cm³/mol. The van der Waals surface area contributed by atoms with Gasteiger partial charge in [0.25, 0.3) is 0 Å². The van der Waals surface area contributed by atoms with Gasteiger partial charge in [-0.15, -0.1) is 0 Å². The average Bonchev–Trinajstić information content (AvgIpc) is 2.14. The van der Waals surface area contributed by atoms with Crippen LogP contribution in [-0.2, 0) is 0 Å². The lowest BCUT2D eigenvalue weighted by Gasteiger charge is -1.88. The highest BCUT2D eigenvalue weighted by atomic mass is 16.5. The summed E-state index contributed by atoms with van der Waals surface area (Å²) in [5, 5.41) is 0. The third-order valence-corrected chi connectivity index (χ3v) is 1.21. The Hall–Kier alpha value is -0.790. The second kappa shape index (κ2) is 2.21. The fourth-order valence-electron chi connectivity index (χ4n) is 0.683. The summed E-state index contributed by atoms with van der Waals surface area (Å²) in [5.74, 6) is 0.962. The first-order chi connectivity index (χ1) is 4.20. The van der Waals surface area contributed by atoms with Crippen molar-refractivity contribution < 1.29 is 9.26 Å². The Bertz CT molecular complexity index is 191. The fourth-order valence-corrected chi connectivity index (χ4v) is 0.683. The Morgan fingerprint density at radius 2 is 2.22 bits per heavy atom. The summed E-state index contributed by atoms with van der Waals surface area (Å²) in [6.07, 6.45) is 1.94. The number of aromatic nitrogens is 1. The maximum absolute atomic E-state index is 5.26. The van der Waals surface area contributed by atoms with Gasteiger partial charge in [-0.1, -0.05) is 0 Å². The van der Waals surface area contributed by atoms with Crippen LogP contribution in [0.15, 0.2) is 16.8 Å². The van der Waals surface area contributed by atoms with Crippen molar-refractivity contribution in [3.05, 3.63) is 18.0 Å². The van der Waals surface area contributed by atoms with E-state index >= 15 is 0 Å². The second-order valence-electron chi connectivity index (χ2n) is 2.47. The number of hydrogen-bond donors (Lipinski definition) is 0. The molecule has 0 radical (unpaired) electrons. The van der Waals surface area contributed by atoms with Crippen LogP contribution in [0.2, 0.25) is 0 Å².